The van der Waals surface area contributed by atoms with Gasteiger partial charge in [0.25, 0.3) is 0 Å². The van der Waals surface area contributed by atoms with Gasteiger partial charge in [0.05, 0.1) is 10.9 Å². The molecule has 0 saturated heterocycles. The van der Waals surface area contributed by atoms with E-state index in [0.717, 1.165) is 21.3 Å². The first-order valence-corrected chi connectivity index (χ1v) is 8.80. The van der Waals surface area contributed by atoms with Crippen LogP contribution in [0.5, 0.6) is 11.6 Å². The first kappa shape index (κ1) is 16.2. The van der Waals surface area contributed by atoms with E-state index in [1.165, 1.54) is 35.4 Å². The predicted molar refractivity (Wildman–Crippen MR) is 101 cm³/mol. The molecule has 0 bridgehead atoms. The van der Waals surface area contributed by atoms with Crippen molar-refractivity contribution in [2.75, 3.05) is 0 Å². The largest absolute Gasteiger partial charge is 0.478 e. The monoisotopic (exact) mass is 362 g/mol. The fourth-order valence-corrected chi connectivity index (χ4v) is 3.55. The van der Waals surface area contributed by atoms with Crippen molar-refractivity contribution in [3.8, 4) is 22.8 Å². The van der Waals surface area contributed by atoms with E-state index in [1.807, 2.05) is 12.3 Å². The maximum Gasteiger partial charge on any atom is 0.335 e. The fourth-order valence-electron chi connectivity index (χ4n) is 2.65. The molecule has 1 N–H and O–H groups in total. The van der Waals surface area contributed by atoms with Gasteiger partial charge in [-0.1, -0.05) is 29.8 Å². The van der Waals surface area contributed by atoms with Crippen molar-refractivity contribution in [1.29, 1.82) is 0 Å². The van der Waals surface area contributed by atoms with Crippen LogP contribution in [0.2, 0.25) is 0 Å². The number of rotatable bonds is 4. The van der Waals surface area contributed by atoms with Crippen LogP contribution in [-0.2, 0) is 0 Å². The molecule has 0 fully saturated rings. The molecule has 0 amide bonds. The van der Waals surface area contributed by atoms with Gasteiger partial charge < -0.3 is 9.84 Å². The number of aromatic carboxylic acids is 1. The van der Waals surface area contributed by atoms with Gasteiger partial charge in [-0.05, 0) is 36.8 Å². The molecular weight excluding hydrogens is 348 g/mol. The summed E-state index contributed by atoms with van der Waals surface area (Å²) in [7, 11) is 0. The number of aryl methyl sites for hydroxylation is 1. The van der Waals surface area contributed by atoms with Gasteiger partial charge in [0.15, 0.2) is 0 Å². The van der Waals surface area contributed by atoms with Gasteiger partial charge in [-0.3, -0.25) is 0 Å². The average molecular weight is 362 g/mol. The summed E-state index contributed by atoms with van der Waals surface area (Å²) in [4.78, 5) is 20.4. The minimum absolute atomic E-state index is 0.209. The molecule has 5 nitrogen and oxygen atoms in total. The van der Waals surface area contributed by atoms with Crippen molar-refractivity contribution in [2.45, 2.75) is 6.92 Å². The Morgan fingerprint density at radius 3 is 2.46 bits per heavy atom. The van der Waals surface area contributed by atoms with Crippen molar-refractivity contribution >= 4 is 27.5 Å². The summed E-state index contributed by atoms with van der Waals surface area (Å²) in [6, 6.07) is 14.5. The normalized spacial score (nSPS) is 10.8. The van der Waals surface area contributed by atoms with Gasteiger partial charge in [-0.25, -0.2) is 14.8 Å². The molecule has 0 spiro atoms. The van der Waals surface area contributed by atoms with Crippen molar-refractivity contribution < 1.29 is 14.6 Å². The van der Waals surface area contributed by atoms with E-state index in [0.29, 0.717) is 11.6 Å². The third-order valence-electron chi connectivity index (χ3n) is 4.01. The van der Waals surface area contributed by atoms with Crippen LogP contribution in [0, 0.1) is 6.92 Å². The maximum atomic E-state index is 11.0. The lowest BCUT2D eigenvalue weighted by molar-refractivity contribution is 0.0697. The van der Waals surface area contributed by atoms with Crippen LogP contribution in [0.1, 0.15) is 15.9 Å². The number of carboxylic acid groups (broad SMARTS) is 1. The zero-order valence-electron chi connectivity index (χ0n) is 13.8. The molecule has 0 aliphatic rings. The molecule has 2 aromatic carbocycles. The molecule has 0 unspecified atom stereocenters. The Balaban J connectivity index is 1.76. The van der Waals surface area contributed by atoms with E-state index in [1.54, 1.807) is 12.1 Å². The Morgan fingerprint density at radius 1 is 1.04 bits per heavy atom. The minimum atomic E-state index is -0.972. The Bertz CT molecular complexity index is 1090. The lowest BCUT2D eigenvalue weighted by Crippen LogP contribution is -1.96. The van der Waals surface area contributed by atoms with Crippen LogP contribution in [0.25, 0.3) is 21.3 Å². The molecule has 4 rings (SSSR count). The average Bonchev–Trinajstić information content (AvgIpc) is 3.08. The van der Waals surface area contributed by atoms with Gasteiger partial charge in [-0.15, -0.1) is 11.3 Å². The number of fused-ring (bicyclic) bond motifs is 1. The Morgan fingerprint density at radius 2 is 1.77 bits per heavy atom. The lowest BCUT2D eigenvalue weighted by Gasteiger charge is -2.08. The summed E-state index contributed by atoms with van der Waals surface area (Å²) in [6.07, 6.45) is 1.47. The van der Waals surface area contributed by atoms with Crippen molar-refractivity contribution in [3.05, 3.63) is 71.4 Å². The number of thiophene rings is 1. The molecule has 128 valence electrons. The molecule has 6 heteroatoms. The first-order chi connectivity index (χ1) is 12.6. The molecule has 26 heavy (non-hydrogen) atoms. The van der Waals surface area contributed by atoms with E-state index in [-0.39, 0.29) is 5.56 Å². The molecule has 2 heterocycles. The van der Waals surface area contributed by atoms with Crippen LogP contribution in [0.4, 0.5) is 0 Å². The van der Waals surface area contributed by atoms with E-state index in [4.69, 9.17) is 9.84 Å². The van der Waals surface area contributed by atoms with Gasteiger partial charge in [0, 0.05) is 10.9 Å². The van der Waals surface area contributed by atoms with Crippen molar-refractivity contribution in [2.24, 2.45) is 0 Å². The fraction of sp³-hybridized carbons (Fsp3) is 0.0500. The Labute approximate surface area is 153 Å². The molecule has 4 aromatic rings. The Hall–Kier alpha value is -3.25. The highest BCUT2D eigenvalue weighted by Gasteiger charge is 2.15. The van der Waals surface area contributed by atoms with Gasteiger partial charge in [-0.2, -0.15) is 0 Å². The highest BCUT2D eigenvalue weighted by molar-refractivity contribution is 7.17. The summed E-state index contributed by atoms with van der Waals surface area (Å²) in [5.74, 6) is 0.00595. The quantitative estimate of drug-likeness (QED) is 0.543. The van der Waals surface area contributed by atoms with Gasteiger partial charge in [0.2, 0.25) is 5.88 Å². The molecule has 0 radical (unpaired) electrons. The number of nitrogens with zero attached hydrogens (tertiary/aromatic N) is 2. The molecule has 2 aromatic heterocycles. The number of carboxylic acids is 1. The van der Waals surface area contributed by atoms with Crippen LogP contribution in [0.3, 0.4) is 0 Å². The molecule has 0 aliphatic carbocycles. The third-order valence-corrected chi connectivity index (χ3v) is 4.90. The topological polar surface area (TPSA) is 72.3 Å². The number of hydrogen-bond donors (Lipinski definition) is 1. The second-order valence-electron chi connectivity index (χ2n) is 5.81. The molecule has 0 atom stereocenters. The summed E-state index contributed by atoms with van der Waals surface area (Å²) < 4.78 is 5.93. The third kappa shape index (κ3) is 3.02. The van der Waals surface area contributed by atoms with Crippen molar-refractivity contribution in [1.82, 2.24) is 9.97 Å². The van der Waals surface area contributed by atoms with E-state index >= 15 is 0 Å². The zero-order chi connectivity index (χ0) is 18.1. The number of aromatic nitrogens is 2. The highest BCUT2D eigenvalue weighted by atomic mass is 32.1. The van der Waals surface area contributed by atoms with Gasteiger partial charge >= 0.3 is 5.97 Å². The molecule has 0 saturated carbocycles. The minimum Gasteiger partial charge on any atom is -0.478 e. The van der Waals surface area contributed by atoms with E-state index < -0.39 is 5.97 Å². The predicted octanol–water partition coefficient (Wildman–Crippen LogP) is 5.16. The van der Waals surface area contributed by atoms with E-state index in [2.05, 4.69) is 34.2 Å². The lowest BCUT2D eigenvalue weighted by atomic mass is 10.0. The van der Waals surface area contributed by atoms with Gasteiger partial charge in [0.1, 0.15) is 16.9 Å². The second-order valence-corrected chi connectivity index (χ2v) is 6.66. The summed E-state index contributed by atoms with van der Waals surface area (Å²) in [6.45, 7) is 2.05. The molecular formula is C20H14N2O3S. The SMILES string of the molecule is Cc1ccc(-c2csc3ncnc(Oc4ccc(C(=O)O)cc4)c23)cc1. The van der Waals surface area contributed by atoms with Crippen LogP contribution < -0.4 is 4.74 Å². The maximum absolute atomic E-state index is 11.0. The number of carbonyl (C=O) groups is 1. The first-order valence-electron chi connectivity index (χ1n) is 7.92. The number of benzene rings is 2. The summed E-state index contributed by atoms with van der Waals surface area (Å²) >= 11 is 1.54. The second kappa shape index (κ2) is 6.57. The van der Waals surface area contributed by atoms with Crippen LogP contribution in [0.15, 0.2) is 60.2 Å². The van der Waals surface area contributed by atoms with Crippen LogP contribution >= 0.6 is 11.3 Å². The zero-order valence-corrected chi connectivity index (χ0v) is 14.7. The molecule has 0 aliphatic heterocycles. The van der Waals surface area contributed by atoms with Crippen LogP contribution in [-0.4, -0.2) is 21.0 Å². The smallest absolute Gasteiger partial charge is 0.335 e. The Kier molecular flexibility index (Phi) is 4.10. The highest BCUT2D eigenvalue weighted by Crippen LogP contribution is 2.38. The number of ether oxygens (including phenoxy) is 1. The standard InChI is InChI=1S/C20H14N2O3S/c1-12-2-4-13(5-3-12)16-10-26-19-17(16)18(21-11-22-19)25-15-8-6-14(7-9-15)20(23)24/h2-11H,1H3,(H,23,24). The summed E-state index contributed by atoms with van der Waals surface area (Å²) in [5, 5.41) is 11.9. The van der Waals surface area contributed by atoms with Crippen molar-refractivity contribution in [3.63, 3.8) is 0 Å². The summed E-state index contributed by atoms with van der Waals surface area (Å²) in [5.41, 5.74) is 3.49. The van der Waals surface area contributed by atoms with E-state index in [9.17, 15) is 4.79 Å². The number of hydrogen-bond acceptors (Lipinski definition) is 5.